The number of para-hydroxylation sites is 1. The van der Waals surface area contributed by atoms with Gasteiger partial charge in [-0.2, -0.15) is 0 Å². The molecule has 0 radical (unpaired) electrons. The number of rotatable bonds is 5. The lowest BCUT2D eigenvalue weighted by Gasteiger charge is -2.09. The lowest BCUT2D eigenvalue weighted by molar-refractivity contribution is 0.484. The summed E-state index contributed by atoms with van der Waals surface area (Å²) in [5, 5.41) is 1.26. The zero-order valence-electron chi connectivity index (χ0n) is 14.8. The molecule has 1 aromatic heterocycles. The van der Waals surface area contributed by atoms with Gasteiger partial charge in [0, 0.05) is 56.0 Å². The first-order valence-corrected chi connectivity index (χ1v) is 8.14. The van der Waals surface area contributed by atoms with Gasteiger partial charge in [0.15, 0.2) is 0 Å². The Balaban J connectivity index is 0.00000116. The Morgan fingerprint density at radius 1 is 1.23 bits per heavy atom. The number of aliphatic imine (C=N–C) groups is 1. The first-order chi connectivity index (χ1) is 10.7. The van der Waals surface area contributed by atoms with E-state index in [0.29, 0.717) is 0 Å². The molecule has 1 aromatic carbocycles. The van der Waals surface area contributed by atoms with Crippen LogP contribution in [0.4, 0.5) is 0 Å². The SMILES string of the molecule is CC.CCN(C)/C=C\C(=NC)c1cn(CC)c2ccccc12. The number of hydrogen-bond acceptors (Lipinski definition) is 2. The van der Waals surface area contributed by atoms with Gasteiger partial charge in [0.1, 0.15) is 0 Å². The van der Waals surface area contributed by atoms with Crippen LogP contribution in [0, 0.1) is 0 Å². The molecule has 120 valence electrons. The number of aryl methyl sites for hydroxylation is 1. The van der Waals surface area contributed by atoms with Crippen molar-refractivity contribution in [2.24, 2.45) is 4.99 Å². The Morgan fingerprint density at radius 2 is 1.91 bits per heavy atom. The van der Waals surface area contributed by atoms with Gasteiger partial charge in [0.25, 0.3) is 0 Å². The molecule has 0 aliphatic rings. The van der Waals surface area contributed by atoms with Crippen LogP contribution in [0.25, 0.3) is 10.9 Å². The number of allylic oxidation sites excluding steroid dienone is 1. The van der Waals surface area contributed by atoms with Crippen LogP contribution in [0.5, 0.6) is 0 Å². The van der Waals surface area contributed by atoms with Crippen molar-refractivity contribution in [1.29, 1.82) is 0 Å². The third-order valence-corrected chi connectivity index (χ3v) is 3.63. The number of fused-ring (bicyclic) bond motifs is 1. The molecular formula is C19H29N3. The van der Waals surface area contributed by atoms with Crippen LogP contribution in [0.2, 0.25) is 0 Å². The molecule has 0 bridgehead atoms. The van der Waals surface area contributed by atoms with Gasteiger partial charge in [-0.3, -0.25) is 4.99 Å². The Bertz CT molecular complexity index is 635. The molecule has 3 heteroatoms. The van der Waals surface area contributed by atoms with E-state index in [4.69, 9.17) is 0 Å². The van der Waals surface area contributed by atoms with Crippen molar-refractivity contribution in [3.63, 3.8) is 0 Å². The summed E-state index contributed by atoms with van der Waals surface area (Å²) < 4.78 is 2.27. The van der Waals surface area contributed by atoms with E-state index in [0.717, 1.165) is 18.8 Å². The van der Waals surface area contributed by atoms with E-state index < -0.39 is 0 Å². The Morgan fingerprint density at radius 3 is 2.50 bits per heavy atom. The lowest BCUT2D eigenvalue weighted by atomic mass is 10.1. The van der Waals surface area contributed by atoms with Crippen LogP contribution in [-0.4, -0.2) is 35.8 Å². The summed E-state index contributed by atoms with van der Waals surface area (Å²) in [5.41, 5.74) is 3.49. The first kappa shape index (κ1) is 18.0. The normalized spacial score (nSPS) is 11.6. The van der Waals surface area contributed by atoms with Crippen molar-refractivity contribution in [2.75, 3.05) is 20.6 Å². The minimum absolute atomic E-state index is 0.968. The summed E-state index contributed by atoms with van der Waals surface area (Å²) in [5.74, 6) is 0. The zero-order chi connectivity index (χ0) is 16.5. The predicted octanol–water partition coefficient (Wildman–Crippen LogP) is 4.57. The molecule has 0 fully saturated rings. The molecule has 0 aliphatic heterocycles. The monoisotopic (exact) mass is 299 g/mol. The van der Waals surface area contributed by atoms with Gasteiger partial charge >= 0.3 is 0 Å². The average molecular weight is 299 g/mol. The fraction of sp³-hybridized carbons (Fsp3) is 0.421. The van der Waals surface area contributed by atoms with Gasteiger partial charge in [0.05, 0.1) is 5.71 Å². The highest BCUT2D eigenvalue weighted by Gasteiger charge is 2.10. The number of aromatic nitrogens is 1. The van der Waals surface area contributed by atoms with Crippen LogP contribution in [0.1, 0.15) is 33.3 Å². The maximum atomic E-state index is 4.45. The van der Waals surface area contributed by atoms with Crippen LogP contribution in [0.15, 0.2) is 47.7 Å². The highest BCUT2D eigenvalue weighted by Crippen LogP contribution is 2.22. The molecule has 2 aromatic rings. The fourth-order valence-corrected chi connectivity index (χ4v) is 2.30. The van der Waals surface area contributed by atoms with Gasteiger partial charge in [-0.05, 0) is 26.0 Å². The van der Waals surface area contributed by atoms with E-state index in [1.165, 1.54) is 16.5 Å². The predicted molar refractivity (Wildman–Crippen MR) is 98.9 cm³/mol. The highest BCUT2D eigenvalue weighted by molar-refractivity contribution is 6.16. The van der Waals surface area contributed by atoms with Gasteiger partial charge in [-0.1, -0.05) is 32.0 Å². The van der Waals surface area contributed by atoms with Crippen molar-refractivity contribution >= 4 is 16.6 Å². The Labute approximate surface area is 135 Å². The van der Waals surface area contributed by atoms with Crippen LogP contribution >= 0.6 is 0 Å². The molecule has 0 spiro atoms. The Hall–Kier alpha value is -2.03. The first-order valence-electron chi connectivity index (χ1n) is 8.14. The number of benzene rings is 1. The molecule has 0 saturated heterocycles. The minimum atomic E-state index is 0.968. The van der Waals surface area contributed by atoms with E-state index in [1.54, 1.807) is 0 Å². The smallest absolute Gasteiger partial charge is 0.0679 e. The Kier molecular flexibility index (Phi) is 7.44. The molecule has 0 amide bonds. The fourth-order valence-electron chi connectivity index (χ4n) is 2.30. The maximum absolute atomic E-state index is 4.45. The highest BCUT2D eigenvalue weighted by atomic mass is 15.1. The van der Waals surface area contributed by atoms with Crippen LogP contribution < -0.4 is 0 Å². The maximum Gasteiger partial charge on any atom is 0.0679 e. The largest absolute Gasteiger partial charge is 0.381 e. The molecule has 2 rings (SSSR count). The van der Waals surface area contributed by atoms with Crippen molar-refractivity contribution in [2.45, 2.75) is 34.2 Å². The van der Waals surface area contributed by atoms with Gasteiger partial charge < -0.3 is 9.47 Å². The van der Waals surface area contributed by atoms with Crippen molar-refractivity contribution in [1.82, 2.24) is 9.47 Å². The molecule has 0 N–H and O–H groups in total. The average Bonchev–Trinajstić information content (AvgIpc) is 2.96. The third kappa shape index (κ3) is 4.00. The lowest BCUT2D eigenvalue weighted by Crippen LogP contribution is -2.09. The molecule has 22 heavy (non-hydrogen) atoms. The second kappa shape index (κ2) is 9.08. The number of nitrogens with zero attached hydrogens (tertiary/aromatic N) is 3. The quantitative estimate of drug-likeness (QED) is 0.741. The summed E-state index contributed by atoms with van der Waals surface area (Å²) in [4.78, 5) is 6.60. The second-order valence-corrected chi connectivity index (χ2v) is 4.84. The van der Waals surface area contributed by atoms with E-state index >= 15 is 0 Å². The molecule has 0 saturated carbocycles. The van der Waals surface area contributed by atoms with Crippen LogP contribution in [-0.2, 0) is 6.54 Å². The summed E-state index contributed by atoms with van der Waals surface area (Å²) in [6.07, 6.45) is 6.37. The van der Waals surface area contributed by atoms with E-state index in [-0.39, 0.29) is 0 Å². The molecule has 1 heterocycles. The standard InChI is InChI=1S/C17H23N3.C2H6/c1-5-19(4)12-11-16(18-3)15-13-20(6-2)17-10-8-7-9-14(15)17;1-2/h7-13H,5-6H2,1-4H3;1-2H3/b12-11-,18-16?;. The van der Waals surface area contributed by atoms with Gasteiger partial charge in [0.2, 0.25) is 0 Å². The topological polar surface area (TPSA) is 20.5 Å². The van der Waals surface area contributed by atoms with Crippen molar-refractivity contribution in [3.05, 3.63) is 48.3 Å². The summed E-state index contributed by atoms with van der Waals surface area (Å²) in [6, 6.07) is 8.50. The molecular weight excluding hydrogens is 270 g/mol. The van der Waals surface area contributed by atoms with Gasteiger partial charge in [-0.15, -0.1) is 0 Å². The zero-order valence-corrected chi connectivity index (χ0v) is 14.8. The van der Waals surface area contributed by atoms with E-state index in [2.05, 4.69) is 78.1 Å². The number of hydrogen-bond donors (Lipinski definition) is 0. The summed E-state index contributed by atoms with van der Waals surface area (Å²) in [7, 11) is 3.92. The second-order valence-electron chi connectivity index (χ2n) is 4.84. The molecule has 3 nitrogen and oxygen atoms in total. The molecule has 0 aliphatic carbocycles. The molecule has 0 unspecified atom stereocenters. The van der Waals surface area contributed by atoms with Crippen LogP contribution in [0.3, 0.4) is 0 Å². The van der Waals surface area contributed by atoms with Crippen molar-refractivity contribution < 1.29 is 0 Å². The van der Waals surface area contributed by atoms with Gasteiger partial charge in [-0.25, -0.2) is 0 Å². The molecule has 0 atom stereocenters. The van der Waals surface area contributed by atoms with Crippen molar-refractivity contribution in [3.8, 4) is 0 Å². The van der Waals surface area contributed by atoms with E-state index in [9.17, 15) is 0 Å². The van der Waals surface area contributed by atoms with E-state index in [1.807, 2.05) is 20.9 Å². The minimum Gasteiger partial charge on any atom is -0.381 e. The third-order valence-electron chi connectivity index (χ3n) is 3.63. The summed E-state index contributed by atoms with van der Waals surface area (Å²) >= 11 is 0. The summed E-state index contributed by atoms with van der Waals surface area (Å²) in [6.45, 7) is 10.3.